The summed E-state index contributed by atoms with van der Waals surface area (Å²) in [5.41, 5.74) is 0.549. The van der Waals surface area contributed by atoms with E-state index in [0.29, 0.717) is 35.0 Å². The van der Waals surface area contributed by atoms with E-state index in [1.54, 1.807) is 13.1 Å². The molecule has 1 aromatic rings. The zero-order valence-electron chi connectivity index (χ0n) is 14.8. The Morgan fingerprint density at radius 2 is 2.08 bits per heavy atom. The number of alkyl halides is 2. The van der Waals surface area contributed by atoms with Crippen molar-refractivity contribution < 1.29 is 23.0 Å². The SMILES string of the molecule is CCCC1CC1NC(=NC)NCc1cc2c(cc1OC(F)F)OCO2.I. The summed E-state index contributed by atoms with van der Waals surface area (Å²) >= 11 is 0. The average Bonchev–Trinajstić information content (AvgIpc) is 3.13. The van der Waals surface area contributed by atoms with Gasteiger partial charge in [0.1, 0.15) is 5.75 Å². The number of fused-ring (bicyclic) bond motifs is 1. The first-order valence-electron chi connectivity index (χ1n) is 8.45. The van der Waals surface area contributed by atoms with E-state index in [-0.39, 0.29) is 43.1 Å². The van der Waals surface area contributed by atoms with Crippen LogP contribution in [0.1, 0.15) is 31.7 Å². The lowest BCUT2D eigenvalue weighted by molar-refractivity contribution is -0.0505. The van der Waals surface area contributed by atoms with Crippen molar-refractivity contribution >= 4 is 29.9 Å². The highest BCUT2D eigenvalue weighted by molar-refractivity contribution is 14.0. The van der Waals surface area contributed by atoms with Gasteiger partial charge in [-0.3, -0.25) is 4.99 Å². The van der Waals surface area contributed by atoms with Crippen LogP contribution in [0.25, 0.3) is 0 Å². The number of benzene rings is 1. The van der Waals surface area contributed by atoms with Gasteiger partial charge in [-0.2, -0.15) is 8.78 Å². The Bertz CT molecular complexity index is 646. The summed E-state index contributed by atoms with van der Waals surface area (Å²) < 4.78 is 40.5. The molecule has 2 N–H and O–H groups in total. The number of nitrogens with zero attached hydrogens (tertiary/aromatic N) is 1. The quantitative estimate of drug-likeness (QED) is 0.353. The van der Waals surface area contributed by atoms with Crippen molar-refractivity contribution in [2.24, 2.45) is 10.9 Å². The summed E-state index contributed by atoms with van der Waals surface area (Å²) in [6, 6.07) is 3.51. The fraction of sp³-hybridized carbons (Fsp3) is 0.588. The topological polar surface area (TPSA) is 64.1 Å². The van der Waals surface area contributed by atoms with Crippen LogP contribution in [-0.4, -0.2) is 32.5 Å². The maximum absolute atomic E-state index is 12.7. The Morgan fingerprint density at radius 3 is 2.73 bits per heavy atom. The van der Waals surface area contributed by atoms with Crippen molar-refractivity contribution in [1.82, 2.24) is 10.6 Å². The number of guanidine groups is 1. The Balaban J connectivity index is 0.00000243. The van der Waals surface area contributed by atoms with Crippen molar-refractivity contribution in [3.8, 4) is 17.2 Å². The fourth-order valence-electron chi connectivity index (χ4n) is 2.97. The van der Waals surface area contributed by atoms with Crippen LogP contribution in [0.4, 0.5) is 8.78 Å². The van der Waals surface area contributed by atoms with E-state index in [9.17, 15) is 8.78 Å². The molecule has 26 heavy (non-hydrogen) atoms. The molecule has 3 rings (SSSR count). The standard InChI is InChI=1S/C17H23F2N3O3.HI/c1-3-4-10-5-12(10)22-17(20-2)21-8-11-6-14-15(24-9-23-14)7-13(11)25-16(18)19;/h6-7,10,12,16H,3-5,8-9H2,1-2H3,(H2,20,21,22);1H. The van der Waals surface area contributed by atoms with Crippen LogP contribution < -0.4 is 24.8 Å². The second kappa shape index (κ2) is 9.43. The van der Waals surface area contributed by atoms with E-state index >= 15 is 0 Å². The predicted molar refractivity (Wildman–Crippen MR) is 105 cm³/mol. The molecule has 9 heteroatoms. The third kappa shape index (κ3) is 5.24. The van der Waals surface area contributed by atoms with Crippen LogP contribution >= 0.6 is 24.0 Å². The van der Waals surface area contributed by atoms with Gasteiger partial charge in [0.2, 0.25) is 6.79 Å². The van der Waals surface area contributed by atoms with Gasteiger partial charge in [-0.05, 0) is 24.8 Å². The van der Waals surface area contributed by atoms with Gasteiger partial charge in [0.15, 0.2) is 17.5 Å². The molecule has 1 heterocycles. The summed E-state index contributed by atoms with van der Waals surface area (Å²) in [5, 5.41) is 6.49. The molecule has 1 aliphatic heterocycles. The maximum Gasteiger partial charge on any atom is 0.387 e. The minimum absolute atomic E-state index is 0. The Labute approximate surface area is 168 Å². The highest BCUT2D eigenvalue weighted by atomic mass is 127. The molecule has 0 bridgehead atoms. The molecular weight excluding hydrogens is 459 g/mol. The van der Waals surface area contributed by atoms with Gasteiger partial charge in [0.25, 0.3) is 0 Å². The summed E-state index contributed by atoms with van der Waals surface area (Å²) in [7, 11) is 1.68. The Morgan fingerprint density at radius 1 is 1.35 bits per heavy atom. The van der Waals surface area contributed by atoms with Crippen molar-refractivity contribution in [2.45, 2.75) is 45.4 Å². The number of ether oxygens (including phenoxy) is 3. The van der Waals surface area contributed by atoms with E-state index < -0.39 is 6.61 Å². The largest absolute Gasteiger partial charge is 0.454 e. The lowest BCUT2D eigenvalue weighted by Crippen LogP contribution is -2.38. The third-order valence-electron chi connectivity index (χ3n) is 4.35. The van der Waals surface area contributed by atoms with Crippen LogP contribution in [0.15, 0.2) is 17.1 Å². The van der Waals surface area contributed by atoms with Gasteiger partial charge < -0.3 is 24.8 Å². The summed E-state index contributed by atoms with van der Waals surface area (Å²) in [6.07, 6.45) is 3.50. The molecule has 0 radical (unpaired) electrons. The van der Waals surface area contributed by atoms with Crippen molar-refractivity contribution in [3.63, 3.8) is 0 Å². The smallest absolute Gasteiger partial charge is 0.387 e. The van der Waals surface area contributed by atoms with Crippen LogP contribution in [0, 0.1) is 5.92 Å². The van der Waals surface area contributed by atoms with Gasteiger partial charge in [-0.25, -0.2) is 0 Å². The number of halogens is 3. The lowest BCUT2D eigenvalue weighted by atomic mass is 10.1. The second-order valence-corrected chi connectivity index (χ2v) is 6.15. The minimum atomic E-state index is -2.90. The molecule has 1 aromatic carbocycles. The molecule has 2 atom stereocenters. The van der Waals surface area contributed by atoms with Crippen LogP contribution in [0.3, 0.4) is 0 Å². The molecule has 1 fully saturated rings. The molecule has 2 aliphatic rings. The van der Waals surface area contributed by atoms with Gasteiger partial charge in [0, 0.05) is 31.3 Å². The molecule has 1 saturated carbocycles. The first-order chi connectivity index (χ1) is 12.1. The van der Waals surface area contributed by atoms with Crippen molar-refractivity contribution in [2.75, 3.05) is 13.8 Å². The number of rotatable bonds is 7. The van der Waals surface area contributed by atoms with Crippen LogP contribution in [0.2, 0.25) is 0 Å². The molecule has 0 amide bonds. The minimum Gasteiger partial charge on any atom is -0.454 e. The normalized spacial score (nSPS) is 20.6. The van der Waals surface area contributed by atoms with E-state index in [0.717, 1.165) is 6.42 Å². The van der Waals surface area contributed by atoms with Gasteiger partial charge in [0.05, 0.1) is 0 Å². The van der Waals surface area contributed by atoms with Gasteiger partial charge in [-0.15, -0.1) is 24.0 Å². The number of aliphatic imine (C=N–C) groups is 1. The number of hydrogen-bond acceptors (Lipinski definition) is 4. The van der Waals surface area contributed by atoms with Crippen molar-refractivity contribution in [3.05, 3.63) is 17.7 Å². The molecule has 146 valence electrons. The van der Waals surface area contributed by atoms with Crippen LogP contribution in [-0.2, 0) is 6.54 Å². The molecular formula is C17H24F2IN3O3. The van der Waals surface area contributed by atoms with E-state index in [1.807, 2.05) is 0 Å². The molecule has 2 unspecified atom stereocenters. The van der Waals surface area contributed by atoms with Gasteiger partial charge in [-0.1, -0.05) is 13.3 Å². The van der Waals surface area contributed by atoms with Gasteiger partial charge >= 0.3 is 6.61 Å². The molecule has 6 nitrogen and oxygen atoms in total. The molecule has 0 spiro atoms. The number of hydrogen-bond donors (Lipinski definition) is 2. The Hall–Kier alpha value is -1.52. The average molecular weight is 483 g/mol. The maximum atomic E-state index is 12.7. The lowest BCUT2D eigenvalue weighted by Gasteiger charge is -2.15. The zero-order chi connectivity index (χ0) is 17.8. The van der Waals surface area contributed by atoms with Crippen molar-refractivity contribution in [1.29, 1.82) is 0 Å². The highest BCUT2D eigenvalue weighted by Crippen LogP contribution is 2.38. The fourth-order valence-corrected chi connectivity index (χ4v) is 2.97. The third-order valence-corrected chi connectivity index (χ3v) is 4.35. The first-order valence-corrected chi connectivity index (χ1v) is 8.45. The Kier molecular flexibility index (Phi) is 7.54. The second-order valence-electron chi connectivity index (χ2n) is 6.15. The predicted octanol–water partition coefficient (Wildman–Crippen LogP) is 3.49. The van der Waals surface area contributed by atoms with Crippen LogP contribution in [0.5, 0.6) is 17.2 Å². The summed E-state index contributed by atoms with van der Waals surface area (Å²) in [4.78, 5) is 4.19. The van der Waals surface area contributed by atoms with E-state index in [4.69, 9.17) is 9.47 Å². The highest BCUT2D eigenvalue weighted by Gasteiger charge is 2.36. The summed E-state index contributed by atoms with van der Waals surface area (Å²) in [6.45, 7) is -0.377. The zero-order valence-corrected chi connectivity index (χ0v) is 17.1. The summed E-state index contributed by atoms with van der Waals surface area (Å²) in [5.74, 6) is 2.32. The molecule has 1 aliphatic carbocycles. The molecule has 0 aromatic heterocycles. The first kappa shape index (κ1) is 20.8. The monoisotopic (exact) mass is 483 g/mol. The van der Waals surface area contributed by atoms with E-state index in [1.165, 1.54) is 18.9 Å². The van der Waals surface area contributed by atoms with E-state index in [2.05, 4.69) is 27.3 Å². The molecule has 0 saturated heterocycles. The number of nitrogens with one attached hydrogen (secondary N) is 2.